The monoisotopic (exact) mass is 478 g/mol. The molecular formula is C33H50O2. The molecule has 1 atom stereocenters. The lowest BCUT2D eigenvalue weighted by atomic mass is 9.86. The van der Waals surface area contributed by atoms with Gasteiger partial charge in [0.25, 0.3) is 0 Å². The fourth-order valence-corrected chi connectivity index (χ4v) is 4.74. The molecule has 0 aliphatic heterocycles. The second-order valence-electron chi connectivity index (χ2n) is 10.1. The number of ether oxygens (including phenoxy) is 2. The number of allylic oxidation sites excluding steroid dienone is 1. The highest BCUT2D eigenvalue weighted by atomic mass is 16.5. The van der Waals surface area contributed by atoms with E-state index in [0.717, 1.165) is 18.3 Å². The van der Waals surface area contributed by atoms with Crippen molar-refractivity contribution in [2.75, 3.05) is 20.8 Å². The van der Waals surface area contributed by atoms with Gasteiger partial charge in [0.05, 0.1) is 0 Å². The van der Waals surface area contributed by atoms with Crippen LogP contribution in [-0.2, 0) is 11.2 Å². The Morgan fingerprint density at radius 2 is 1.34 bits per heavy atom. The van der Waals surface area contributed by atoms with Crippen LogP contribution in [-0.4, -0.2) is 20.8 Å². The Balaban J connectivity index is 0.00000137. The van der Waals surface area contributed by atoms with Crippen LogP contribution >= 0.6 is 0 Å². The van der Waals surface area contributed by atoms with Gasteiger partial charge in [0.15, 0.2) is 0 Å². The zero-order chi connectivity index (χ0) is 25.1. The van der Waals surface area contributed by atoms with Crippen molar-refractivity contribution < 1.29 is 9.47 Å². The van der Waals surface area contributed by atoms with Crippen LogP contribution in [0, 0.1) is 5.92 Å². The predicted molar refractivity (Wildman–Crippen MR) is 152 cm³/mol. The van der Waals surface area contributed by atoms with E-state index in [9.17, 15) is 0 Å². The lowest BCUT2D eigenvalue weighted by Crippen LogP contribution is -2.10. The van der Waals surface area contributed by atoms with Gasteiger partial charge in [-0.05, 0) is 72.4 Å². The van der Waals surface area contributed by atoms with E-state index in [4.69, 9.17) is 4.74 Å². The van der Waals surface area contributed by atoms with Crippen LogP contribution in [0.5, 0.6) is 5.75 Å². The summed E-state index contributed by atoms with van der Waals surface area (Å²) in [5.41, 5.74) is 5.48. The van der Waals surface area contributed by atoms with Crippen LogP contribution in [0.1, 0.15) is 96.5 Å². The first-order chi connectivity index (χ1) is 17.2. The van der Waals surface area contributed by atoms with E-state index in [1.54, 1.807) is 14.2 Å². The summed E-state index contributed by atoms with van der Waals surface area (Å²) >= 11 is 0. The molecule has 2 nitrogen and oxygen atoms in total. The van der Waals surface area contributed by atoms with Crippen molar-refractivity contribution in [2.24, 2.45) is 5.92 Å². The molecule has 0 amide bonds. The molecule has 0 radical (unpaired) electrons. The molecule has 1 unspecified atom stereocenters. The number of methoxy groups -OCH3 is 1. The van der Waals surface area contributed by atoms with E-state index in [2.05, 4.69) is 73.2 Å². The van der Waals surface area contributed by atoms with Crippen LogP contribution in [0.3, 0.4) is 0 Å². The van der Waals surface area contributed by atoms with Gasteiger partial charge < -0.3 is 9.47 Å². The third-order valence-electron chi connectivity index (χ3n) is 6.96. The van der Waals surface area contributed by atoms with Crippen LogP contribution < -0.4 is 4.74 Å². The molecule has 0 N–H and O–H groups in total. The minimum atomic E-state index is 0.744. The Morgan fingerprint density at radius 1 is 0.743 bits per heavy atom. The molecule has 0 spiro atoms. The molecule has 0 heterocycles. The average Bonchev–Trinajstić information content (AvgIpc) is 2.89. The van der Waals surface area contributed by atoms with Crippen molar-refractivity contribution >= 4 is 0 Å². The van der Waals surface area contributed by atoms with E-state index in [1.165, 1.54) is 106 Å². The predicted octanol–water partition coefficient (Wildman–Crippen LogP) is 9.81. The molecule has 0 saturated heterocycles. The highest BCUT2D eigenvalue weighted by Crippen LogP contribution is 2.29. The minimum Gasteiger partial charge on any atom is -0.489 e. The number of hydrogen-bond donors (Lipinski definition) is 0. The molecule has 0 fully saturated rings. The summed E-state index contributed by atoms with van der Waals surface area (Å²) in [5.74, 6) is 1.88. The minimum absolute atomic E-state index is 0.744. The van der Waals surface area contributed by atoms with E-state index >= 15 is 0 Å². The second-order valence-corrected chi connectivity index (χ2v) is 10.1. The molecule has 1 aliphatic rings. The van der Waals surface area contributed by atoms with Gasteiger partial charge in [-0.25, -0.2) is 0 Å². The van der Waals surface area contributed by atoms with Gasteiger partial charge in [-0.3, -0.25) is 0 Å². The third-order valence-corrected chi connectivity index (χ3v) is 6.96. The maximum atomic E-state index is 6.09. The summed E-state index contributed by atoms with van der Waals surface area (Å²) in [7, 11) is 3.25. The number of unbranched alkanes of at least 4 members (excludes halogenated alkanes) is 6. The number of hydrogen-bond acceptors (Lipinski definition) is 2. The molecule has 0 bridgehead atoms. The SMILES string of the molecule is CCCCCCCc1ccc(-c2ccc(OCC3=CCC(CCCCC)CC3)cc2)cc1.COC. The maximum absolute atomic E-state index is 6.09. The van der Waals surface area contributed by atoms with Crippen molar-refractivity contribution in [3.63, 3.8) is 0 Å². The van der Waals surface area contributed by atoms with Crippen LogP contribution in [0.2, 0.25) is 0 Å². The summed E-state index contributed by atoms with van der Waals surface area (Å²) in [5, 5.41) is 0. The van der Waals surface area contributed by atoms with Crippen molar-refractivity contribution in [3.05, 3.63) is 65.7 Å². The Kier molecular flexibility index (Phi) is 15.2. The highest BCUT2D eigenvalue weighted by molar-refractivity contribution is 5.64. The van der Waals surface area contributed by atoms with Crippen molar-refractivity contribution in [3.8, 4) is 16.9 Å². The van der Waals surface area contributed by atoms with Crippen LogP contribution in [0.25, 0.3) is 11.1 Å². The fourth-order valence-electron chi connectivity index (χ4n) is 4.74. The van der Waals surface area contributed by atoms with Gasteiger partial charge in [-0.1, -0.05) is 108 Å². The van der Waals surface area contributed by atoms with Crippen LogP contribution in [0.15, 0.2) is 60.2 Å². The second kappa shape index (κ2) is 18.2. The Labute approximate surface area is 216 Å². The normalized spacial score (nSPS) is 15.2. The summed E-state index contributed by atoms with van der Waals surface area (Å²) in [4.78, 5) is 0. The lowest BCUT2D eigenvalue weighted by molar-refractivity contribution is 0.277. The van der Waals surface area contributed by atoms with Gasteiger partial charge in [-0.15, -0.1) is 0 Å². The smallest absolute Gasteiger partial charge is 0.119 e. The molecule has 194 valence electrons. The summed E-state index contributed by atoms with van der Waals surface area (Å²) in [6.07, 6.45) is 19.7. The van der Waals surface area contributed by atoms with Crippen LogP contribution in [0.4, 0.5) is 0 Å². The largest absolute Gasteiger partial charge is 0.489 e. The zero-order valence-electron chi connectivity index (χ0n) is 23.0. The fraction of sp³-hybridized carbons (Fsp3) is 0.576. The molecule has 0 aromatic heterocycles. The molecule has 2 aromatic carbocycles. The summed E-state index contributed by atoms with van der Waals surface area (Å²) in [6.45, 7) is 5.30. The van der Waals surface area contributed by atoms with E-state index in [1.807, 2.05) is 0 Å². The quantitative estimate of drug-likeness (QED) is 0.199. The van der Waals surface area contributed by atoms with Crippen molar-refractivity contribution in [2.45, 2.75) is 97.3 Å². The van der Waals surface area contributed by atoms with Gasteiger partial charge in [0.2, 0.25) is 0 Å². The van der Waals surface area contributed by atoms with Crippen molar-refractivity contribution in [1.82, 2.24) is 0 Å². The maximum Gasteiger partial charge on any atom is 0.119 e. The molecule has 35 heavy (non-hydrogen) atoms. The first kappa shape index (κ1) is 29.2. The van der Waals surface area contributed by atoms with Crippen molar-refractivity contribution in [1.29, 1.82) is 0 Å². The molecule has 0 saturated carbocycles. The lowest BCUT2D eigenvalue weighted by Gasteiger charge is -2.22. The first-order valence-corrected chi connectivity index (χ1v) is 14.1. The Hall–Kier alpha value is -2.06. The van der Waals surface area contributed by atoms with E-state index < -0.39 is 0 Å². The van der Waals surface area contributed by atoms with Gasteiger partial charge in [-0.2, -0.15) is 0 Å². The number of aryl methyl sites for hydroxylation is 1. The number of rotatable bonds is 14. The Bertz CT molecular complexity index is 804. The third kappa shape index (κ3) is 12.0. The molecule has 1 aliphatic carbocycles. The summed E-state index contributed by atoms with van der Waals surface area (Å²) < 4.78 is 10.3. The molecule has 2 heteroatoms. The average molecular weight is 479 g/mol. The molecule has 2 aromatic rings. The van der Waals surface area contributed by atoms with Gasteiger partial charge >= 0.3 is 0 Å². The molecular weight excluding hydrogens is 428 g/mol. The summed E-state index contributed by atoms with van der Waals surface area (Å²) in [6, 6.07) is 17.7. The topological polar surface area (TPSA) is 18.5 Å². The highest BCUT2D eigenvalue weighted by Gasteiger charge is 2.14. The molecule has 3 rings (SSSR count). The Morgan fingerprint density at radius 3 is 1.94 bits per heavy atom. The number of benzene rings is 2. The van der Waals surface area contributed by atoms with Gasteiger partial charge in [0.1, 0.15) is 12.4 Å². The van der Waals surface area contributed by atoms with Gasteiger partial charge in [0, 0.05) is 14.2 Å². The standard InChI is InChI=1S/C31H44O.C2H6O/c1-3-5-7-8-10-12-27-17-19-29(20-18-27)30-21-23-31(24-22-30)32-25-28-15-13-26(14-16-28)11-9-6-4-2;1-3-2/h15,17-24,26H,3-14,16,25H2,1-2H3;1-2H3. The van der Waals surface area contributed by atoms with E-state index in [0.29, 0.717) is 0 Å². The van der Waals surface area contributed by atoms with E-state index in [-0.39, 0.29) is 0 Å². The zero-order valence-corrected chi connectivity index (χ0v) is 23.0. The first-order valence-electron chi connectivity index (χ1n) is 14.1.